The fourth-order valence-corrected chi connectivity index (χ4v) is 1.53. The van der Waals surface area contributed by atoms with Crippen LogP contribution in [0, 0.1) is 5.92 Å². The van der Waals surface area contributed by atoms with E-state index in [0.29, 0.717) is 12.0 Å². The van der Waals surface area contributed by atoms with Crippen molar-refractivity contribution >= 4 is 12.2 Å². The lowest BCUT2D eigenvalue weighted by Crippen LogP contribution is -2.05. The van der Waals surface area contributed by atoms with Gasteiger partial charge in [0.2, 0.25) is 0 Å². The summed E-state index contributed by atoms with van der Waals surface area (Å²) in [7, 11) is 0. The molecule has 1 aliphatic carbocycles. The fraction of sp³-hybridized carbons (Fsp3) is 0.455. The lowest BCUT2D eigenvalue weighted by molar-refractivity contribution is 0.510. The lowest BCUT2D eigenvalue weighted by atomic mass is 10.2. The summed E-state index contributed by atoms with van der Waals surface area (Å²) in [5, 5.41) is 8.28. The van der Waals surface area contributed by atoms with Crippen LogP contribution in [0.5, 0.6) is 0 Å². The Bertz CT molecular complexity index is 385. The van der Waals surface area contributed by atoms with Gasteiger partial charge in [-0.2, -0.15) is 0 Å². The average molecular weight is 189 g/mol. The summed E-state index contributed by atoms with van der Waals surface area (Å²) in [5.74, 6) is 0.477. The second-order valence-electron chi connectivity index (χ2n) is 3.98. The third-order valence-corrected chi connectivity index (χ3v) is 2.36. The first-order valence-corrected chi connectivity index (χ1v) is 5.00. The molecule has 0 spiro atoms. The van der Waals surface area contributed by atoms with Crippen molar-refractivity contribution in [3.63, 3.8) is 0 Å². The summed E-state index contributed by atoms with van der Waals surface area (Å²) in [5.41, 5.74) is 2.08. The molecular formula is C11H15N3. The van der Waals surface area contributed by atoms with E-state index in [1.165, 1.54) is 0 Å². The molecule has 0 aliphatic heterocycles. The highest BCUT2D eigenvalue weighted by molar-refractivity contribution is 5.62. The third kappa shape index (κ3) is 1.50. The van der Waals surface area contributed by atoms with E-state index in [4.69, 9.17) is 0 Å². The molecule has 0 aromatic carbocycles. The van der Waals surface area contributed by atoms with E-state index in [-0.39, 0.29) is 0 Å². The predicted molar refractivity (Wildman–Crippen MR) is 57.6 cm³/mol. The second-order valence-corrected chi connectivity index (χ2v) is 3.98. The lowest BCUT2D eigenvalue weighted by Gasteiger charge is -2.06. The monoisotopic (exact) mass is 189 g/mol. The van der Waals surface area contributed by atoms with E-state index in [9.17, 15) is 0 Å². The smallest absolute Gasteiger partial charge is 0.112 e. The van der Waals surface area contributed by atoms with Gasteiger partial charge in [0, 0.05) is 6.04 Å². The number of hydrogen-bond donors (Lipinski definition) is 0. The highest BCUT2D eigenvalue weighted by Gasteiger charge is 2.12. The molecule has 1 heterocycles. The van der Waals surface area contributed by atoms with Gasteiger partial charge in [-0.25, -0.2) is 4.68 Å². The van der Waals surface area contributed by atoms with E-state index in [2.05, 4.69) is 49.3 Å². The van der Waals surface area contributed by atoms with Crippen molar-refractivity contribution in [2.75, 3.05) is 0 Å². The molecule has 0 N–H and O–H groups in total. The molecule has 1 unspecified atom stereocenters. The molecule has 14 heavy (non-hydrogen) atoms. The van der Waals surface area contributed by atoms with Crippen LogP contribution in [0.1, 0.15) is 38.2 Å². The molecule has 0 fully saturated rings. The minimum absolute atomic E-state index is 0.359. The maximum absolute atomic E-state index is 4.15. The zero-order chi connectivity index (χ0) is 10.1. The van der Waals surface area contributed by atoms with Crippen molar-refractivity contribution in [1.29, 1.82) is 0 Å². The van der Waals surface area contributed by atoms with Crippen molar-refractivity contribution in [3.05, 3.63) is 23.5 Å². The van der Waals surface area contributed by atoms with Gasteiger partial charge in [0.15, 0.2) is 0 Å². The highest BCUT2D eigenvalue weighted by Crippen LogP contribution is 2.19. The topological polar surface area (TPSA) is 30.7 Å². The molecule has 0 amide bonds. The standard InChI is InChI=1S/C11H15N3/c1-8(2)14-11-7-5-9(3)4-6-10(11)12-13-14/h4-9H,1-3H3. The van der Waals surface area contributed by atoms with E-state index in [0.717, 1.165) is 11.4 Å². The van der Waals surface area contributed by atoms with Gasteiger partial charge < -0.3 is 0 Å². The summed E-state index contributed by atoms with van der Waals surface area (Å²) >= 11 is 0. The summed E-state index contributed by atoms with van der Waals surface area (Å²) in [6.45, 7) is 6.38. The minimum atomic E-state index is 0.359. The van der Waals surface area contributed by atoms with Crippen LogP contribution in [0.15, 0.2) is 12.2 Å². The van der Waals surface area contributed by atoms with Crippen LogP contribution in [0.3, 0.4) is 0 Å². The fourth-order valence-electron chi connectivity index (χ4n) is 1.53. The van der Waals surface area contributed by atoms with Crippen LogP contribution in [-0.4, -0.2) is 15.0 Å². The van der Waals surface area contributed by atoms with Gasteiger partial charge in [-0.1, -0.05) is 24.3 Å². The van der Waals surface area contributed by atoms with E-state index in [1.54, 1.807) is 0 Å². The van der Waals surface area contributed by atoms with Crippen molar-refractivity contribution in [1.82, 2.24) is 15.0 Å². The molecule has 1 atom stereocenters. The van der Waals surface area contributed by atoms with Crippen LogP contribution < -0.4 is 0 Å². The molecule has 1 aromatic rings. The third-order valence-electron chi connectivity index (χ3n) is 2.36. The van der Waals surface area contributed by atoms with Crippen LogP contribution in [0.25, 0.3) is 12.2 Å². The van der Waals surface area contributed by atoms with E-state index < -0.39 is 0 Å². The SMILES string of the molecule is CC1C=Cc2nnn(C(C)C)c2C=C1. The Morgan fingerprint density at radius 3 is 2.71 bits per heavy atom. The summed E-state index contributed by atoms with van der Waals surface area (Å²) in [6, 6.07) is 0.359. The Morgan fingerprint density at radius 1 is 1.29 bits per heavy atom. The minimum Gasteiger partial charge on any atom is -0.242 e. The van der Waals surface area contributed by atoms with Crippen LogP contribution >= 0.6 is 0 Å². The van der Waals surface area contributed by atoms with Gasteiger partial charge in [-0.15, -0.1) is 5.10 Å². The molecule has 0 radical (unpaired) electrons. The zero-order valence-corrected chi connectivity index (χ0v) is 8.81. The summed E-state index contributed by atoms with van der Waals surface area (Å²) in [4.78, 5) is 0. The Kier molecular flexibility index (Phi) is 2.23. The largest absolute Gasteiger partial charge is 0.242 e. The number of fused-ring (bicyclic) bond motifs is 1. The predicted octanol–water partition coefficient (Wildman–Crippen LogP) is 2.54. The maximum Gasteiger partial charge on any atom is 0.112 e. The van der Waals surface area contributed by atoms with Gasteiger partial charge in [0.05, 0.1) is 5.69 Å². The molecule has 1 aromatic heterocycles. The highest BCUT2D eigenvalue weighted by atomic mass is 15.4. The number of hydrogen-bond acceptors (Lipinski definition) is 2. The van der Waals surface area contributed by atoms with Crippen LogP contribution in [0.2, 0.25) is 0 Å². The van der Waals surface area contributed by atoms with E-state index in [1.807, 2.05) is 10.8 Å². The number of aromatic nitrogens is 3. The Balaban J connectivity index is 2.49. The van der Waals surface area contributed by atoms with E-state index >= 15 is 0 Å². The molecule has 2 rings (SSSR count). The first-order valence-electron chi connectivity index (χ1n) is 5.00. The van der Waals surface area contributed by atoms with Crippen molar-refractivity contribution in [3.8, 4) is 0 Å². The van der Waals surface area contributed by atoms with Crippen molar-refractivity contribution in [2.24, 2.45) is 5.92 Å². The first-order chi connectivity index (χ1) is 6.68. The molecular weight excluding hydrogens is 174 g/mol. The molecule has 0 saturated carbocycles. The normalized spacial score (nSPS) is 19.9. The Hall–Kier alpha value is -1.38. The van der Waals surface area contributed by atoms with Gasteiger partial charge >= 0.3 is 0 Å². The number of nitrogens with zero attached hydrogens (tertiary/aromatic N) is 3. The van der Waals surface area contributed by atoms with Crippen molar-refractivity contribution < 1.29 is 0 Å². The van der Waals surface area contributed by atoms with Crippen LogP contribution in [-0.2, 0) is 0 Å². The molecule has 1 aliphatic rings. The number of allylic oxidation sites excluding steroid dienone is 2. The first kappa shape index (κ1) is 9.19. The van der Waals surface area contributed by atoms with Crippen molar-refractivity contribution in [2.45, 2.75) is 26.8 Å². The molecule has 0 bridgehead atoms. The zero-order valence-electron chi connectivity index (χ0n) is 8.81. The van der Waals surface area contributed by atoms with Gasteiger partial charge in [-0.05, 0) is 31.9 Å². The Morgan fingerprint density at radius 2 is 2.00 bits per heavy atom. The maximum atomic E-state index is 4.15. The molecule has 74 valence electrons. The molecule has 3 nitrogen and oxygen atoms in total. The Labute approximate surface area is 84.1 Å². The summed E-state index contributed by atoms with van der Waals surface area (Å²) in [6.07, 6.45) is 8.47. The quantitative estimate of drug-likeness (QED) is 0.679. The average Bonchev–Trinajstić information content (AvgIpc) is 2.46. The van der Waals surface area contributed by atoms with Gasteiger partial charge in [-0.3, -0.25) is 0 Å². The second kappa shape index (κ2) is 3.40. The number of rotatable bonds is 1. The summed E-state index contributed by atoms with van der Waals surface area (Å²) < 4.78 is 1.95. The van der Waals surface area contributed by atoms with Crippen LogP contribution in [0.4, 0.5) is 0 Å². The molecule has 3 heteroatoms. The van der Waals surface area contributed by atoms with Gasteiger partial charge in [0.1, 0.15) is 5.69 Å². The van der Waals surface area contributed by atoms with Gasteiger partial charge in [0.25, 0.3) is 0 Å². The molecule has 0 saturated heterocycles.